The molecule has 0 spiro atoms. The van der Waals surface area contributed by atoms with Gasteiger partial charge in [0.05, 0.1) is 19.0 Å². The minimum atomic E-state index is -0.311. The summed E-state index contributed by atoms with van der Waals surface area (Å²) in [5.41, 5.74) is 6.53. The van der Waals surface area contributed by atoms with Crippen molar-refractivity contribution in [3.05, 3.63) is 35.9 Å². The van der Waals surface area contributed by atoms with Gasteiger partial charge >= 0.3 is 0 Å². The van der Waals surface area contributed by atoms with Crippen LogP contribution in [0.1, 0.15) is 24.7 Å². The van der Waals surface area contributed by atoms with Crippen LogP contribution in [-0.2, 0) is 10.5 Å². The van der Waals surface area contributed by atoms with Crippen LogP contribution < -0.4 is 16.0 Å². The summed E-state index contributed by atoms with van der Waals surface area (Å²) in [4.78, 5) is 15.0. The minimum absolute atomic E-state index is 0.118. The number of anilines is 4. The first kappa shape index (κ1) is 19.9. The van der Waals surface area contributed by atoms with E-state index in [0.29, 0.717) is 42.5 Å². The standard InChI is InChI=1S/C19H22FN9OS/c20-12-1-3-13(4-2-12)22-17-24-15(23-16(21)25-17)11-31-19-27-26-18(29(19)14-5-6-14)28-7-9-30-10-8-28/h1-4,14H,5-11H2,(H3,21,22,23,24,25). The third-order valence-electron chi connectivity index (χ3n) is 4.98. The molecule has 0 amide bonds. The summed E-state index contributed by atoms with van der Waals surface area (Å²) in [5, 5.41) is 12.8. The average Bonchev–Trinajstić information content (AvgIpc) is 3.53. The molecule has 31 heavy (non-hydrogen) atoms. The number of aromatic nitrogens is 6. The van der Waals surface area contributed by atoms with E-state index in [0.717, 1.165) is 37.0 Å². The molecule has 0 radical (unpaired) electrons. The lowest BCUT2D eigenvalue weighted by Gasteiger charge is -2.27. The summed E-state index contributed by atoms with van der Waals surface area (Å²) in [6.45, 7) is 3.04. The number of rotatable bonds is 7. The third kappa shape index (κ3) is 4.69. The summed E-state index contributed by atoms with van der Waals surface area (Å²) in [5.74, 6) is 2.02. The number of ether oxygens (including phenoxy) is 1. The van der Waals surface area contributed by atoms with E-state index in [1.165, 1.54) is 23.9 Å². The smallest absolute Gasteiger partial charge is 0.232 e. The Morgan fingerprint density at radius 2 is 1.87 bits per heavy atom. The number of morpholine rings is 1. The van der Waals surface area contributed by atoms with Gasteiger partial charge in [0.2, 0.25) is 17.8 Å². The minimum Gasteiger partial charge on any atom is -0.378 e. The number of nitrogens with zero attached hydrogens (tertiary/aromatic N) is 7. The van der Waals surface area contributed by atoms with Crippen LogP contribution in [0.15, 0.2) is 29.4 Å². The molecular formula is C19H22FN9OS. The summed E-state index contributed by atoms with van der Waals surface area (Å²) in [6.07, 6.45) is 2.26. The Morgan fingerprint density at radius 3 is 2.61 bits per heavy atom. The van der Waals surface area contributed by atoms with Crippen molar-refractivity contribution in [3.63, 3.8) is 0 Å². The molecule has 1 aliphatic carbocycles. The molecule has 162 valence electrons. The van der Waals surface area contributed by atoms with Crippen molar-refractivity contribution in [2.75, 3.05) is 42.3 Å². The number of nitrogens with one attached hydrogen (secondary N) is 1. The number of benzene rings is 1. The fraction of sp³-hybridized carbons (Fsp3) is 0.421. The van der Waals surface area contributed by atoms with Gasteiger partial charge in [-0.1, -0.05) is 11.8 Å². The van der Waals surface area contributed by atoms with Gasteiger partial charge in [0, 0.05) is 24.8 Å². The van der Waals surface area contributed by atoms with Gasteiger partial charge in [-0.3, -0.25) is 4.57 Å². The van der Waals surface area contributed by atoms with Crippen molar-refractivity contribution >= 4 is 35.3 Å². The molecule has 10 nitrogen and oxygen atoms in total. The molecule has 0 unspecified atom stereocenters. The molecule has 0 atom stereocenters. The fourth-order valence-corrected chi connectivity index (χ4v) is 4.20. The monoisotopic (exact) mass is 443 g/mol. The second-order valence-electron chi connectivity index (χ2n) is 7.34. The number of nitrogen functional groups attached to an aromatic ring is 1. The fourth-order valence-electron chi connectivity index (χ4n) is 3.35. The highest BCUT2D eigenvalue weighted by atomic mass is 32.2. The molecule has 2 aromatic heterocycles. The molecule has 2 aliphatic rings. The molecule has 1 aliphatic heterocycles. The number of halogens is 1. The van der Waals surface area contributed by atoms with E-state index < -0.39 is 0 Å². The molecule has 3 N–H and O–H groups in total. The van der Waals surface area contributed by atoms with E-state index in [1.807, 2.05) is 0 Å². The van der Waals surface area contributed by atoms with E-state index in [9.17, 15) is 4.39 Å². The van der Waals surface area contributed by atoms with Crippen LogP contribution in [-0.4, -0.2) is 56.0 Å². The molecule has 5 rings (SSSR count). The van der Waals surface area contributed by atoms with Crippen LogP contribution in [0.25, 0.3) is 0 Å². The first-order chi connectivity index (χ1) is 15.2. The van der Waals surface area contributed by atoms with Crippen LogP contribution in [0.5, 0.6) is 0 Å². The zero-order valence-corrected chi connectivity index (χ0v) is 17.6. The zero-order valence-electron chi connectivity index (χ0n) is 16.7. The van der Waals surface area contributed by atoms with Crippen LogP contribution in [0, 0.1) is 5.82 Å². The molecule has 3 heterocycles. The van der Waals surface area contributed by atoms with Gasteiger partial charge in [0.25, 0.3) is 0 Å². The lowest BCUT2D eigenvalue weighted by Crippen LogP contribution is -2.38. The van der Waals surface area contributed by atoms with Crippen molar-refractivity contribution in [2.45, 2.75) is 29.8 Å². The maximum Gasteiger partial charge on any atom is 0.232 e. The molecule has 1 saturated heterocycles. The Hall–Kier alpha value is -2.99. The van der Waals surface area contributed by atoms with E-state index in [-0.39, 0.29) is 11.8 Å². The van der Waals surface area contributed by atoms with E-state index in [2.05, 4.69) is 39.9 Å². The summed E-state index contributed by atoms with van der Waals surface area (Å²) in [6, 6.07) is 6.37. The number of thioether (sulfide) groups is 1. The molecule has 2 fully saturated rings. The van der Waals surface area contributed by atoms with Crippen LogP contribution >= 0.6 is 11.8 Å². The van der Waals surface area contributed by atoms with Crippen LogP contribution in [0.4, 0.5) is 27.9 Å². The highest BCUT2D eigenvalue weighted by molar-refractivity contribution is 7.98. The average molecular weight is 444 g/mol. The summed E-state index contributed by atoms with van der Waals surface area (Å²) >= 11 is 1.52. The van der Waals surface area contributed by atoms with Crippen molar-refractivity contribution < 1.29 is 9.13 Å². The maximum atomic E-state index is 13.1. The lowest BCUT2D eigenvalue weighted by atomic mass is 10.3. The Kier molecular flexibility index (Phi) is 5.55. The topological polar surface area (TPSA) is 120 Å². The Balaban J connectivity index is 1.31. The van der Waals surface area contributed by atoms with Gasteiger partial charge < -0.3 is 20.7 Å². The number of hydrogen-bond donors (Lipinski definition) is 2. The highest BCUT2D eigenvalue weighted by Gasteiger charge is 2.32. The predicted molar refractivity (Wildman–Crippen MR) is 115 cm³/mol. The van der Waals surface area contributed by atoms with Crippen molar-refractivity contribution in [3.8, 4) is 0 Å². The number of nitrogens with two attached hydrogens (primary N) is 1. The highest BCUT2D eigenvalue weighted by Crippen LogP contribution is 2.41. The Labute approximate surface area is 182 Å². The molecule has 12 heteroatoms. The maximum absolute atomic E-state index is 13.1. The van der Waals surface area contributed by atoms with E-state index in [1.54, 1.807) is 12.1 Å². The van der Waals surface area contributed by atoms with Gasteiger partial charge in [0.15, 0.2) is 5.16 Å². The Bertz CT molecular complexity index is 1050. The van der Waals surface area contributed by atoms with Gasteiger partial charge in [-0.2, -0.15) is 15.0 Å². The molecular weight excluding hydrogens is 421 g/mol. The Morgan fingerprint density at radius 1 is 1.10 bits per heavy atom. The molecule has 1 aromatic carbocycles. The number of hydrogen-bond acceptors (Lipinski definition) is 10. The van der Waals surface area contributed by atoms with Gasteiger partial charge in [-0.25, -0.2) is 4.39 Å². The van der Waals surface area contributed by atoms with Gasteiger partial charge in [-0.15, -0.1) is 10.2 Å². The SMILES string of the molecule is Nc1nc(CSc2nnc(N3CCOCC3)n2C2CC2)nc(Nc2ccc(F)cc2)n1. The van der Waals surface area contributed by atoms with Gasteiger partial charge in [0.1, 0.15) is 11.6 Å². The lowest BCUT2D eigenvalue weighted by molar-refractivity contribution is 0.121. The zero-order chi connectivity index (χ0) is 21.2. The largest absolute Gasteiger partial charge is 0.378 e. The second-order valence-corrected chi connectivity index (χ2v) is 8.28. The van der Waals surface area contributed by atoms with E-state index >= 15 is 0 Å². The first-order valence-corrected chi connectivity index (χ1v) is 11.1. The second kappa shape index (κ2) is 8.63. The van der Waals surface area contributed by atoms with Crippen molar-refractivity contribution in [2.24, 2.45) is 0 Å². The molecule has 3 aromatic rings. The van der Waals surface area contributed by atoms with E-state index in [4.69, 9.17) is 10.5 Å². The molecule has 0 bridgehead atoms. The normalized spacial score (nSPS) is 16.5. The summed E-state index contributed by atoms with van der Waals surface area (Å²) < 4.78 is 20.8. The molecule has 1 saturated carbocycles. The third-order valence-corrected chi connectivity index (χ3v) is 5.92. The van der Waals surface area contributed by atoms with Crippen molar-refractivity contribution in [1.82, 2.24) is 29.7 Å². The van der Waals surface area contributed by atoms with Crippen molar-refractivity contribution in [1.29, 1.82) is 0 Å². The van der Waals surface area contributed by atoms with Crippen LogP contribution in [0.3, 0.4) is 0 Å². The quantitative estimate of drug-likeness (QED) is 0.527. The van der Waals surface area contributed by atoms with Gasteiger partial charge in [-0.05, 0) is 37.1 Å². The summed E-state index contributed by atoms with van der Waals surface area (Å²) in [7, 11) is 0. The predicted octanol–water partition coefficient (Wildman–Crippen LogP) is 2.39. The first-order valence-electron chi connectivity index (χ1n) is 10.1. The van der Waals surface area contributed by atoms with Crippen LogP contribution in [0.2, 0.25) is 0 Å².